The van der Waals surface area contributed by atoms with Crippen molar-refractivity contribution in [2.75, 3.05) is 18.2 Å². The van der Waals surface area contributed by atoms with E-state index in [9.17, 15) is 9.59 Å². The molecule has 0 saturated heterocycles. The average Bonchev–Trinajstić information content (AvgIpc) is 3.11. The smallest absolute Gasteiger partial charge is 0.251 e. The van der Waals surface area contributed by atoms with Crippen LogP contribution in [0.5, 0.6) is 5.75 Å². The van der Waals surface area contributed by atoms with Crippen LogP contribution in [0, 0.1) is 6.92 Å². The molecule has 30 heavy (non-hydrogen) atoms. The minimum Gasteiger partial charge on any atom is -0.497 e. The molecule has 2 N–H and O–H groups in total. The Bertz CT molecular complexity index is 1030. The summed E-state index contributed by atoms with van der Waals surface area (Å²) in [6.45, 7) is 2.14. The van der Waals surface area contributed by atoms with Crippen LogP contribution >= 0.6 is 11.8 Å². The molecule has 1 aromatic heterocycles. The molecule has 0 spiro atoms. The molecule has 0 atom stereocenters. The highest BCUT2D eigenvalue weighted by atomic mass is 32.2. The average molecular weight is 426 g/mol. The van der Waals surface area contributed by atoms with Gasteiger partial charge in [0.15, 0.2) is 11.0 Å². The highest BCUT2D eigenvalue weighted by Crippen LogP contribution is 2.18. The normalized spacial score (nSPS) is 10.5. The van der Waals surface area contributed by atoms with Gasteiger partial charge in [-0.2, -0.15) is 0 Å². The van der Waals surface area contributed by atoms with Crippen LogP contribution in [0.15, 0.2) is 53.7 Å². The summed E-state index contributed by atoms with van der Waals surface area (Å²) in [5.74, 6) is 1.21. The Kier molecular flexibility index (Phi) is 7.08. The summed E-state index contributed by atoms with van der Waals surface area (Å²) in [7, 11) is 3.40. The Labute approximate surface area is 179 Å². The molecule has 0 radical (unpaired) electrons. The first-order chi connectivity index (χ1) is 14.5. The summed E-state index contributed by atoms with van der Waals surface area (Å²) < 4.78 is 6.87. The van der Waals surface area contributed by atoms with Gasteiger partial charge in [-0.05, 0) is 42.8 Å². The second-order valence-electron chi connectivity index (χ2n) is 6.52. The number of aromatic nitrogens is 3. The van der Waals surface area contributed by atoms with E-state index in [2.05, 4.69) is 20.8 Å². The number of nitrogens with one attached hydrogen (secondary N) is 2. The monoisotopic (exact) mass is 425 g/mol. The van der Waals surface area contributed by atoms with Gasteiger partial charge in [0.1, 0.15) is 5.75 Å². The molecule has 0 aliphatic rings. The molecular weight excluding hydrogens is 402 g/mol. The lowest BCUT2D eigenvalue weighted by molar-refractivity contribution is -0.113. The zero-order valence-corrected chi connectivity index (χ0v) is 17.8. The second-order valence-corrected chi connectivity index (χ2v) is 7.46. The van der Waals surface area contributed by atoms with E-state index in [-0.39, 0.29) is 24.1 Å². The molecular formula is C21H23N5O3S. The molecule has 9 heteroatoms. The van der Waals surface area contributed by atoms with E-state index in [0.29, 0.717) is 22.2 Å². The van der Waals surface area contributed by atoms with Crippen LogP contribution in [0.25, 0.3) is 0 Å². The van der Waals surface area contributed by atoms with Crippen molar-refractivity contribution >= 4 is 29.3 Å². The SMILES string of the molecule is COc1ccc(NC(=O)CSc2nnc(CNC(=O)c3ccccc3C)n2C)cc1. The Morgan fingerprint density at radius 3 is 2.53 bits per heavy atom. The zero-order chi connectivity index (χ0) is 21.5. The quantitative estimate of drug-likeness (QED) is 0.539. The topological polar surface area (TPSA) is 98.1 Å². The van der Waals surface area contributed by atoms with Crippen LogP contribution in [0.3, 0.4) is 0 Å². The van der Waals surface area contributed by atoms with E-state index < -0.39 is 0 Å². The van der Waals surface area contributed by atoms with Gasteiger partial charge >= 0.3 is 0 Å². The first-order valence-corrected chi connectivity index (χ1v) is 10.3. The van der Waals surface area contributed by atoms with Crippen molar-refractivity contribution in [3.8, 4) is 5.75 Å². The fourth-order valence-corrected chi connectivity index (χ4v) is 3.44. The molecule has 2 amide bonds. The maximum absolute atomic E-state index is 12.4. The van der Waals surface area contributed by atoms with E-state index in [0.717, 1.165) is 11.3 Å². The van der Waals surface area contributed by atoms with Crippen LogP contribution in [-0.4, -0.2) is 39.4 Å². The minimum absolute atomic E-state index is 0.150. The number of carbonyl (C=O) groups excluding carboxylic acids is 2. The lowest BCUT2D eigenvalue weighted by Gasteiger charge is -2.08. The number of nitrogens with zero attached hydrogens (tertiary/aromatic N) is 3. The van der Waals surface area contributed by atoms with Crippen LogP contribution in [0.1, 0.15) is 21.7 Å². The highest BCUT2D eigenvalue weighted by molar-refractivity contribution is 7.99. The molecule has 0 aliphatic heterocycles. The maximum atomic E-state index is 12.4. The van der Waals surface area contributed by atoms with Gasteiger partial charge in [0.2, 0.25) is 5.91 Å². The summed E-state index contributed by atoms with van der Waals surface area (Å²) >= 11 is 1.28. The molecule has 1 heterocycles. The van der Waals surface area contributed by atoms with Gasteiger partial charge < -0.3 is 19.9 Å². The van der Waals surface area contributed by atoms with Crippen molar-refractivity contribution in [3.63, 3.8) is 0 Å². The minimum atomic E-state index is -0.163. The Balaban J connectivity index is 1.51. The molecule has 3 rings (SSSR count). The van der Waals surface area contributed by atoms with Crippen molar-refractivity contribution in [3.05, 3.63) is 65.5 Å². The van der Waals surface area contributed by atoms with Gasteiger partial charge in [0.05, 0.1) is 19.4 Å². The molecule has 0 aliphatic carbocycles. The number of aryl methyl sites for hydroxylation is 1. The lowest BCUT2D eigenvalue weighted by atomic mass is 10.1. The van der Waals surface area contributed by atoms with Gasteiger partial charge in [0.25, 0.3) is 5.91 Å². The molecule has 8 nitrogen and oxygen atoms in total. The van der Waals surface area contributed by atoms with Crippen LogP contribution in [-0.2, 0) is 18.4 Å². The van der Waals surface area contributed by atoms with Gasteiger partial charge in [-0.25, -0.2) is 0 Å². The summed E-state index contributed by atoms with van der Waals surface area (Å²) in [6.07, 6.45) is 0. The van der Waals surface area contributed by atoms with Crippen molar-refractivity contribution < 1.29 is 14.3 Å². The number of thioether (sulfide) groups is 1. The zero-order valence-electron chi connectivity index (χ0n) is 17.0. The third kappa shape index (κ3) is 5.38. The van der Waals surface area contributed by atoms with Gasteiger partial charge in [0, 0.05) is 18.3 Å². The summed E-state index contributed by atoms with van der Waals surface area (Å²) in [4.78, 5) is 24.5. The Morgan fingerprint density at radius 2 is 1.83 bits per heavy atom. The van der Waals surface area contributed by atoms with E-state index in [4.69, 9.17) is 4.74 Å². The lowest BCUT2D eigenvalue weighted by Crippen LogP contribution is -2.25. The first kappa shape index (κ1) is 21.4. The number of carbonyl (C=O) groups is 2. The number of benzene rings is 2. The fraction of sp³-hybridized carbons (Fsp3) is 0.238. The third-order valence-corrected chi connectivity index (χ3v) is 5.45. The standard InChI is InChI=1S/C21H23N5O3S/c1-14-6-4-5-7-17(14)20(28)22-12-18-24-25-21(26(18)2)30-13-19(27)23-15-8-10-16(29-3)11-9-15/h4-11H,12-13H2,1-3H3,(H,22,28)(H,23,27). The third-order valence-electron chi connectivity index (χ3n) is 4.43. The van der Waals surface area contributed by atoms with Crippen LogP contribution in [0.2, 0.25) is 0 Å². The van der Waals surface area contributed by atoms with Gasteiger partial charge in [-0.1, -0.05) is 30.0 Å². The molecule has 0 saturated carbocycles. The summed E-state index contributed by atoms with van der Waals surface area (Å²) in [6, 6.07) is 14.5. The van der Waals surface area contributed by atoms with Gasteiger partial charge in [-0.15, -0.1) is 10.2 Å². The molecule has 0 fully saturated rings. The van der Waals surface area contributed by atoms with E-state index in [1.54, 1.807) is 49.1 Å². The number of amides is 2. The maximum Gasteiger partial charge on any atom is 0.251 e. The molecule has 156 valence electrons. The number of ether oxygens (including phenoxy) is 1. The van der Waals surface area contributed by atoms with Crippen LogP contribution < -0.4 is 15.4 Å². The number of hydrogen-bond donors (Lipinski definition) is 2. The van der Waals surface area contributed by atoms with E-state index in [1.807, 2.05) is 25.1 Å². The summed E-state index contributed by atoms with van der Waals surface area (Å²) in [5.41, 5.74) is 2.23. The largest absolute Gasteiger partial charge is 0.497 e. The first-order valence-electron chi connectivity index (χ1n) is 9.26. The summed E-state index contributed by atoms with van der Waals surface area (Å²) in [5, 5.41) is 14.5. The second kappa shape index (κ2) is 9.93. The highest BCUT2D eigenvalue weighted by Gasteiger charge is 2.14. The van der Waals surface area contributed by atoms with Crippen LogP contribution in [0.4, 0.5) is 5.69 Å². The Hall–Kier alpha value is -3.33. The number of anilines is 1. The van der Waals surface area contributed by atoms with Crippen molar-refractivity contribution in [1.82, 2.24) is 20.1 Å². The molecule has 0 bridgehead atoms. The molecule has 2 aromatic carbocycles. The Morgan fingerprint density at radius 1 is 1.10 bits per heavy atom. The van der Waals surface area contributed by atoms with E-state index in [1.165, 1.54) is 11.8 Å². The number of hydrogen-bond acceptors (Lipinski definition) is 6. The van der Waals surface area contributed by atoms with Crippen molar-refractivity contribution in [2.45, 2.75) is 18.6 Å². The van der Waals surface area contributed by atoms with Gasteiger partial charge in [-0.3, -0.25) is 9.59 Å². The van der Waals surface area contributed by atoms with Crippen molar-refractivity contribution in [1.29, 1.82) is 0 Å². The number of methoxy groups -OCH3 is 1. The number of rotatable bonds is 8. The molecule has 3 aromatic rings. The predicted octanol–water partition coefficient (Wildman–Crippen LogP) is 2.79. The molecule has 0 unspecified atom stereocenters. The van der Waals surface area contributed by atoms with Crippen molar-refractivity contribution in [2.24, 2.45) is 7.05 Å². The van der Waals surface area contributed by atoms with E-state index >= 15 is 0 Å². The predicted molar refractivity (Wildman–Crippen MR) is 116 cm³/mol. The fourth-order valence-electron chi connectivity index (χ4n) is 2.71.